The van der Waals surface area contributed by atoms with Crippen molar-refractivity contribution in [1.82, 2.24) is 9.88 Å². The van der Waals surface area contributed by atoms with Gasteiger partial charge in [0, 0.05) is 71.0 Å². The first kappa shape index (κ1) is 15.9. The number of benzene rings is 2. The minimum atomic E-state index is -2.11. The first-order valence-electron chi connectivity index (χ1n) is 16.6. The summed E-state index contributed by atoms with van der Waals surface area (Å²) in [5.41, 5.74) is 2.35. The Morgan fingerprint density at radius 3 is 2.69 bits per heavy atom. The van der Waals surface area contributed by atoms with E-state index in [1.807, 2.05) is 4.90 Å². The first-order chi connectivity index (χ1) is 20.6. The Bertz CT molecular complexity index is 1660. The molecule has 0 radical (unpaired) electrons. The molecule has 0 atom stereocenters. The highest BCUT2D eigenvalue weighted by molar-refractivity contribution is 6.20. The number of ketones is 1. The molecular formula is C30H34N4O2. The van der Waals surface area contributed by atoms with Crippen LogP contribution in [0, 0.1) is 11.3 Å². The Morgan fingerprint density at radius 1 is 1.22 bits per heavy atom. The van der Waals surface area contributed by atoms with Gasteiger partial charge in [0.1, 0.15) is 0 Å². The number of hydrogen-bond acceptors (Lipinski definition) is 5. The van der Waals surface area contributed by atoms with E-state index < -0.39 is 24.9 Å². The molecule has 0 unspecified atom stereocenters. The van der Waals surface area contributed by atoms with Crippen molar-refractivity contribution in [2.24, 2.45) is 0 Å². The topological polar surface area (TPSA) is 72.4 Å². The Morgan fingerprint density at radius 2 is 2.00 bits per heavy atom. The molecule has 3 aromatic rings. The van der Waals surface area contributed by atoms with E-state index in [4.69, 9.17) is 15.7 Å². The van der Waals surface area contributed by atoms with Crippen LogP contribution in [0.1, 0.15) is 82.8 Å². The third-order valence-electron chi connectivity index (χ3n) is 7.80. The van der Waals surface area contributed by atoms with Crippen LogP contribution in [0.2, 0.25) is 0 Å². The van der Waals surface area contributed by atoms with E-state index in [9.17, 15) is 10.1 Å². The summed E-state index contributed by atoms with van der Waals surface area (Å²) < 4.78 is 71.8. The standard InChI is InChI=1S/C30H34N4O2/c1-4-20-16-23-24(17-26(20)34-9-7-21(8-10-34)33-11-13-36-14-12-33)30(2,3)29-27(28(23)35)22-6-5-19(18-31)15-25(22)32-29/h5-6,15-17,21,32H,4,7-14H2,1-3H3/i2D,3D,4D2,13D2,14D2. The first-order valence-corrected chi connectivity index (χ1v) is 12.2. The molecule has 3 aliphatic rings. The van der Waals surface area contributed by atoms with E-state index >= 15 is 0 Å². The van der Waals surface area contributed by atoms with Crippen molar-refractivity contribution in [3.63, 3.8) is 0 Å². The van der Waals surface area contributed by atoms with Crippen LogP contribution in [-0.2, 0) is 16.5 Å². The number of anilines is 1. The molecule has 3 heterocycles. The molecule has 2 saturated heterocycles. The molecule has 0 bridgehead atoms. The number of carbonyl (C=O) groups is 1. The molecule has 6 heteroatoms. The molecule has 6 rings (SSSR count). The van der Waals surface area contributed by atoms with E-state index in [0.29, 0.717) is 70.5 Å². The van der Waals surface area contributed by atoms with Crippen LogP contribution < -0.4 is 4.90 Å². The largest absolute Gasteiger partial charge is 0.379 e. The number of nitrogens with zero attached hydrogens (tertiary/aromatic N) is 3. The molecule has 6 nitrogen and oxygen atoms in total. The smallest absolute Gasteiger partial charge is 0.195 e. The average Bonchev–Trinajstić information content (AvgIpc) is 3.35. The van der Waals surface area contributed by atoms with E-state index in [-0.39, 0.29) is 44.3 Å². The lowest BCUT2D eigenvalue weighted by Crippen LogP contribution is -2.49. The number of carbonyl (C=O) groups excluding carboxylic acids is 1. The van der Waals surface area contributed by atoms with Gasteiger partial charge in [-0.25, -0.2) is 0 Å². The van der Waals surface area contributed by atoms with Crippen LogP contribution in [0.25, 0.3) is 10.9 Å². The van der Waals surface area contributed by atoms with Gasteiger partial charge in [-0.1, -0.05) is 26.8 Å². The molecule has 186 valence electrons. The van der Waals surface area contributed by atoms with Gasteiger partial charge in [0.15, 0.2) is 5.78 Å². The number of hydrogen-bond donors (Lipinski definition) is 1. The predicted molar refractivity (Wildman–Crippen MR) is 142 cm³/mol. The second-order valence-corrected chi connectivity index (χ2v) is 9.84. The number of aromatic amines is 1. The number of nitrogens with one attached hydrogen (secondary N) is 1. The van der Waals surface area contributed by atoms with Crippen molar-refractivity contribution < 1.29 is 20.5 Å². The minimum Gasteiger partial charge on any atom is -0.379 e. The molecule has 2 fully saturated rings. The summed E-state index contributed by atoms with van der Waals surface area (Å²) in [5, 5.41) is 10.0. The number of aromatic nitrogens is 1. The number of nitriles is 1. The number of rotatable bonds is 3. The van der Waals surface area contributed by atoms with Crippen LogP contribution in [0.4, 0.5) is 5.69 Å². The highest BCUT2D eigenvalue weighted by Crippen LogP contribution is 2.46. The molecule has 0 amide bonds. The number of ether oxygens (including phenoxy) is 1. The van der Waals surface area contributed by atoms with Gasteiger partial charge in [0.25, 0.3) is 0 Å². The Kier molecular flexibility index (Phi) is 3.86. The van der Waals surface area contributed by atoms with Gasteiger partial charge >= 0.3 is 0 Å². The molecule has 2 aliphatic heterocycles. The summed E-state index contributed by atoms with van der Waals surface area (Å²) in [6.07, 6.45) is -0.641. The Labute approximate surface area is 224 Å². The molecule has 1 N–H and O–H groups in total. The normalized spacial score (nSPS) is 26.7. The van der Waals surface area contributed by atoms with Crippen molar-refractivity contribution in [2.75, 3.05) is 44.2 Å². The molecule has 36 heavy (non-hydrogen) atoms. The van der Waals surface area contributed by atoms with Gasteiger partial charge in [0.05, 0.1) is 35.8 Å². The van der Waals surface area contributed by atoms with Gasteiger partial charge in [-0.05, 0) is 54.6 Å². The third kappa shape index (κ3) is 3.56. The predicted octanol–water partition coefficient (Wildman–Crippen LogP) is 4.77. The molecule has 2 aromatic carbocycles. The Hall–Kier alpha value is -3.14. The fourth-order valence-electron chi connectivity index (χ4n) is 5.83. The molecular weight excluding hydrogens is 448 g/mol. The van der Waals surface area contributed by atoms with Crippen LogP contribution in [-0.4, -0.2) is 61.0 Å². The lowest BCUT2D eigenvalue weighted by Gasteiger charge is -2.42. The van der Waals surface area contributed by atoms with Crippen molar-refractivity contribution in [1.29, 1.82) is 5.26 Å². The number of fused-ring (bicyclic) bond motifs is 4. The summed E-state index contributed by atoms with van der Waals surface area (Å²) in [6.45, 7) is -2.31. The second-order valence-electron chi connectivity index (χ2n) is 9.84. The number of piperidine rings is 1. The van der Waals surface area contributed by atoms with Crippen LogP contribution in [0.3, 0.4) is 0 Å². The summed E-state index contributed by atoms with van der Waals surface area (Å²) in [6, 6.07) is 10.4. The minimum absolute atomic E-state index is 0.0426. The zero-order valence-corrected chi connectivity index (χ0v) is 20.3. The highest BCUT2D eigenvalue weighted by Gasteiger charge is 2.40. The van der Waals surface area contributed by atoms with Gasteiger partial charge in [-0.3, -0.25) is 9.69 Å². The zero-order valence-electron chi connectivity index (χ0n) is 28.3. The molecule has 1 aliphatic carbocycles. The van der Waals surface area contributed by atoms with Gasteiger partial charge in [0.2, 0.25) is 0 Å². The quantitative estimate of drug-likeness (QED) is 0.572. The average molecular weight is 491 g/mol. The number of morpholine rings is 1. The van der Waals surface area contributed by atoms with Crippen molar-refractivity contribution in [2.45, 2.75) is 51.4 Å². The van der Waals surface area contributed by atoms with Gasteiger partial charge < -0.3 is 14.6 Å². The summed E-state index contributed by atoms with van der Waals surface area (Å²) >= 11 is 0. The van der Waals surface area contributed by atoms with Crippen LogP contribution in [0.5, 0.6) is 0 Å². The van der Waals surface area contributed by atoms with E-state index in [1.165, 1.54) is 6.92 Å². The number of aryl methyl sites for hydroxylation is 1. The summed E-state index contributed by atoms with van der Waals surface area (Å²) in [5.74, 6) is -0.310. The SMILES string of the molecule is [2H]CC1(C[2H])c2cc(N3CCC(N4CC([2H])([2H])OC([2H])([2H])C4)CC3)c(C([2H])([2H])C)cc2C(=O)c2c1[nH]c1cc(C#N)ccc21. The lowest BCUT2D eigenvalue weighted by molar-refractivity contribution is 0.0115. The maximum atomic E-state index is 14.1. The fourth-order valence-corrected chi connectivity index (χ4v) is 5.83. The van der Waals surface area contributed by atoms with Gasteiger partial charge in [-0.2, -0.15) is 5.26 Å². The Balaban J connectivity index is 1.41. The molecule has 0 spiro atoms. The number of H-pyrrole nitrogens is 1. The maximum Gasteiger partial charge on any atom is 0.195 e. The monoisotopic (exact) mass is 490 g/mol. The zero-order chi connectivity index (χ0) is 31.8. The molecule has 1 aromatic heterocycles. The van der Waals surface area contributed by atoms with Crippen molar-refractivity contribution in [3.8, 4) is 6.07 Å². The lowest BCUT2D eigenvalue weighted by atomic mass is 9.70. The van der Waals surface area contributed by atoms with Gasteiger partial charge in [-0.15, -0.1) is 0 Å². The maximum absolute atomic E-state index is 14.1. The fraction of sp³-hybridized carbons (Fsp3) is 0.467. The third-order valence-corrected chi connectivity index (χ3v) is 7.80. The molecule has 0 saturated carbocycles. The summed E-state index contributed by atoms with van der Waals surface area (Å²) in [4.78, 5) is 21.2. The highest BCUT2D eigenvalue weighted by atomic mass is 16.5. The second kappa shape index (κ2) is 8.76. The van der Waals surface area contributed by atoms with Crippen LogP contribution >= 0.6 is 0 Å². The van der Waals surface area contributed by atoms with Crippen molar-refractivity contribution >= 4 is 22.4 Å². The van der Waals surface area contributed by atoms with E-state index in [2.05, 4.69) is 11.1 Å². The van der Waals surface area contributed by atoms with Crippen molar-refractivity contribution in [3.05, 3.63) is 63.8 Å². The van der Waals surface area contributed by atoms with Crippen LogP contribution in [0.15, 0.2) is 30.3 Å². The summed E-state index contributed by atoms with van der Waals surface area (Å²) in [7, 11) is 0. The van der Waals surface area contributed by atoms with E-state index in [1.54, 1.807) is 35.2 Å². The van der Waals surface area contributed by atoms with E-state index in [0.717, 1.165) is 0 Å².